The molecule has 1 saturated heterocycles. The number of benzene rings is 1. The molecule has 1 aliphatic rings. The van der Waals surface area contributed by atoms with Gasteiger partial charge in [0, 0.05) is 12.6 Å². The highest BCUT2D eigenvalue weighted by molar-refractivity contribution is 5.44. The average molecular weight is 288 g/mol. The van der Waals surface area contributed by atoms with Gasteiger partial charge in [-0.25, -0.2) is 0 Å². The van der Waals surface area contributed by atoms with E-state index in [1.54, 1.807) is 14.2 Å². The molecule has 4 nitrogen and oxygen atoms in total. The summed E-state index contributed by atoms with van der Waals surface area (Å²) < 4.78 is 10.6. The molecule has 0 aliphatic carbocycles. The molecule has 2 atom stereocenters. The molecule has 0 aromatic heterocycles. The number of likely N-dealkylation sites (tertiary alicyclic amines) is 1. The molecular formula is C17H24N2O2. The van der Waals surface area contributed by atoms with Gasteiger partial charge in [-0.3, -0.25) is 4.90 Å². The van der Waals surface area contributed by atoms with E-state index in [1.165, 1.54) is 19.3 Å². The third-order valence-electron chi connectivity index (χ3n) is 4.32. The Balaban J connectivity index is 2.30. The second-order valence-corrected chi connectivity index (χ2v) is 5.44. The lowest BCUT2D eigenvalue weighted by molar-refractivity contribution is 0.116. The molecule has 0 radical (unpaired) electrons. The predicted octanol–water partition coefficient (Wildman–Crippen LogP) is 3.53. The number of rotatable bonds is 5. The summed E-state index contributed by atoms with van der Waals surface area (Å²) in [5, 5.41) is 9.67. The van der Waals surface area contributed by atoms with E-state index in [-0.39, 0.29) is 6.04 Å². The standard InChI is InChI=1S/C17H24N2O2/c1-4-14-7-5-6-10-19(14)15(12-18)13-8-9-16(20-2)17(11-13)21-3/h8-9,11,14-15H,4-7,10H2,1-3H3. The Morgan fingerprint density at radius 3 is 2.67 bits per heavy atom. The van der Waals surface area contributed by atoms with Gasteiger partial charge in [0.15, 0.2) is 11.5 Å². The van der Waals surface area contributed by atoms with Crippen molar-refractivity contribution >= 4 is 0 Å². The van der Waals surface area contributed by atoms with Gasteiger partial charge in [-0.2, -0.15) is 5.26 Å². The molecule has 0 bridgehead atoms. The van der Waals surface area contributed by atoms with Crippen LogP contribution in [-0.4, -0.2) is 31.7 Å². The Morgan fingerprint density at radius 2 is 2.05 bits per heavy atom. The fourth-order valence-corrected chi connectivity index (χ4v) is 3.16. The van der Waals surface area contributed by atoms with E-state index >= 15 is 0 Å². The first kappa shape index (κ1) is 15.7. The van der Waals surface area contributed by atoms with Crippen LogP contribution < -0.4 is 9.47 Å². The summed E-state index contributed by atoms with van der Waals surface area (Å²) in [5.41, 5.74) is 0.982. The van der Waals surface area contributed by atoms with E-state index in [4.69, 9.17) is 9.47 Å². The van der Waals surface area contributed by atoms with Crippen molar-refractivity contribution in [2.75, 3.05) is 20.8 Å². The molecule has 114 valence electrons. The Kier molecular flexibility index (Phi) is 5.46. The summed E-state index contributed by atoms with van der Waals surface area (Å²) in [6.45, 7) is 3.19. The number of nitriles is 1. The lowest BCUT2D eigenvalue weighted by Crippen LogP contribution is -2.41. The van der Waals surface area contributed by atoms with Crippen LogP contribution in [0.1, 0.15) is 44.2 Å². The van der Waals surface area contributed by atoms with Crippen molar-refractivity contribution in [3.63, 3.8) is 0 Å². The van der Waals surface area contributed by atoms with Gasteiger partial charge in [0.1, 0.15) is 6.04 Å². The van der Waals surface area contributed by atoms with Gasteiger partial charge in [0.2, 0.25) is 0 Å². The molecule has 1 heterocycles. The fraction of sp³-hybridized carbons (Fsp3) is 0.588. The van der Waals surface area contributed by atoms with Crippen LogP contribution in [0.3, 0.4) is 0 Å². The van der Waals surface area contributed by atoms with Crippen molar-refractivity contribution in [3.05, 3.63) is 23.8 Å². The summed E-state index contributed by atoms with van der Waals surface area (Å²) in [6, 6.07) is 8.53. The number of hydrogen-bond acceptors (Lipinski definition) is 4. The maximum Gasteiger partial charge on any atom is 0.161 e. The number of nitrogens with zero attached hydrogens (tertiary/aromatic N) is 2. The third kappa shape index (κ3) is 3.30. The molecule has 0 spiro atoms. The average Bonchev–Trinajstić information content (AvgIpc) is 2.55. The molecule has 1 fully saturated rings. The molecule has 0 saturated carbocycles. The van der Waals surface area contributed by atoms with Crippen LogP contribution in [-0.2, 0) is 0 Å². The Morgan fingerprint density at radius 1 is 1.29 bits per heavy atom. The van der Waals surface area contributed by atoms with Crippen LogP contribution in [0.2, 0.25) is 0 Å². The first-order valence-corrected chi connectivity index (χ1v) is 7.62. The van der Waals surface area contributed by atoms with Crippen molar-refractivity contribution in [1.82, 2.24) is 4.90 Å². The minimum absolute atomic E-state index is 0.213. The van der Waals surface area contributed by atoms with Gasteiger partial charge in [-0.15, -0.1) is 0 Å². The zero-order valence-electron chi connectivity index (χ0n) is 13.1. The highest BCUT2D eigenvalue weighted by atomic mass is 16.5. The van der Waals surface area contributed by atoms with Crippen LogP contribution in [0.15, 0.2) is 18.2 Å². The van der Waals surface area contributed by atoms with Crippen molar-refractivity contribution < 1.29 is 9.47 Å². The van der Waals surface area contributed by atoms with Crippen LogP contribution in [0.25, 0.3) is 0 Å². The molecule has 1 aromatic rings. The SMILES string of the molecule is CCC1CCCCN1C(C#N)c1ccc(OC)c(OC)c1. The summed E-state index contributed by atoms with van der Waals surface area (Å²) in [6.07, 6.45) is 4.70. The fourth-order valence-electron chi connectivity index (χ4n) is 3.16. The lowest BCUT2D eigenvalue weighted by atomic mass is 9.95. The minimum Gasteiger partial charge on any atom is -0.493 e. The predicted molar refractivity (Wildman–Crippen MR) is 82.5 cm³/mol. The zero-order valence-corrected chi connectivity index (χ0v) is 13.1. The van der Waals surface area contributed by atoms with Crippen molar-refractivity contribution in [3.8, 4) is 17.6 Å². The summed E-state index contributed by atoms with van der Waals surface area (Å²) in [4.78, 5) is 2.34. The van der Waals surface area contributed by atoms with Crippen molar-refractivity contribution in [2.45, 2.75) is 44.7 Å². The molecule has 1 aliphatic heterocycles. The van der Waals surface area contributed by atoms with E-state index in [9.17, 15) is 5.26 Å². The lowest BCUT2D eigenvalue weighted by Gasteiger charge is -2.38. The quantitative estimate of drug-likeness (QED) is 0.831. The molecule has 2 unspecified atom stereocenters. The molecular weight excluding hydrogens is 264 g/mol. The summed E-state index contributed by atoms with van der Waals surface area (Å²) in [7, 11) is 3.25. The van der Waals surface area contributed by atoms with E-state index in [0.29, 0.717) is 17.5 Å². The van der Waals surface area contributed by atoms with Gasteiger partial charge >= 0.3 is 0 Å². The van der Waals surface area contributed by atoms with Gasteiger partial charge in [-0.05, 0) is 37.0 Å². The highest BCUT2D eigenvalue weighted by Gasteiger charge is 2.29. The summed E-state index contributed by atoms with van der Waals surface area (Å²) in [5.74, 6) is 1.38. The van der Waals surface area contributed by atoms with Crippen LogP contribution in [0.5, 0.6) is 11.5 Å². The van der Waals surface area contributed by atoms with Gasteiger partial charge in [0.25, 0.3) is 0 Å². The molecule has 1 aromatic carbocycles. The zero-order chi connectivity index (χ0) is 15.2. The molecule has 21 heavy (non-hydrogen) atoms. The van der Waals surface area contributed by atoms with Crippen molar-refractivity contribution in [2.24, 2.45) is 0 Å². The van der Waals surface area contributed by atoms with Crippen LogP contribution >= 0.6 is 0 Å². The topological polar surface area (TPSA) is 45.5 Å². The number of hydrogen-bond donors (Lipinski definition) is 0. The maximum absolute atomic E-state index is 9.67. The minimum atomic E-state index is -0.213. The van der Waals surface area contributed by atoms with E-state index in [1.807, 2.05) is 18.2 Å². The van der Waals surface area contributed by atoms with Gasteiger partial charge in [-0.1, -0.05) is 19.4 Å². The van der Waals surface area contributed by atoms with E-state index in [0.717, 1.165) is 18.5 Å². The van der Waals surface area contributed by atoms with Crippen molar-refractivity contribution in [1.29, 1.82) is 5.26 Å². The molecule has 0 amide bonds. The molecule has 2 rings (SSSR count). The normalized spacial score (nSPS) is 20.6. The number of piperidine rings is 1. The highest BCUT2D eigenvalue weighted by Crippen LogP contribution is 2.34. The first-order valence-electron chi connectivity index (χ1n) is 7.62. The second-order valence-electron chi connectivity index (χ2n) is 5.44. The Labute approximate surface area is 127 Å². The smallest absolute Gasteiger partial charge is 0.161 e. The third-order valence-corrected chi connectivity index (χ3v) is 4.32. The largest absolute Gasteiger partial charge is 0.493 e. The van der Waals surface area contributed by atoms with Crippen LogP contribution in [0.4, 0.5) is 0 Å². The first-order chi connectivity index (χ1) is 10.2. The van der Waals surface area contributed by atoms with Gasteiger partial charge in [0.05, 0.1) is 20.3 Å². The monoisotopic (exact) mass is 288 g/mol. The van der Waals surface area contributed by atoms with E-state index < -0.39 is 0 Å². The van der Waals surface area contributed by atoms with Crippen LogP contribution in [0, 0.1) is 11.3 Å². The maximum atomic E-state index is 9.67. The Hall–Kier alpha value is -1.73. The molecule has 0 N–H and O–H groups in total. The van der Waals surface area contributed by atoms with Gasteiger partial charge < -0.3 is 9.47 Å². The second kappa shape index (κ2) is 7.33. The van der Waals surface area contributed by atoms with E-state index in [2.05, 4.69) is 17.9 Å². The summed E-state index contributed by atoms with van der Waals surface area (Å²) >= 11 is 0. The molecule has 4 heteroatoms. The number of ether oxygens (including phenoxy) is 2. The Bertz CT molecular complexity index is 510. The number of methoxy groups -OCH3 is 2.